The highest BCUT2D eigenvalue weighted by atomic mass is 35.5. The average molecular weight is 561 g/mol. The first kappa shape index (κ1) is 26.1. The van der Waals surface area contributed by atoms with Gasteiger partial charge in [-0.1, -0.05) is 65.7 Å². The zero-order valence-corrected chi connectivity index (χ0v) is 22.3. The smallest absolute Gasteiger partial charge is 0.339 e. The molecule has 0 unspecified atom stereocenters. The molecule has 0 saturated carbocycles. The number of rotatable bonds is 5. The van der Waals surface area contributed by atoms with Gasteiger partial charge in [0.15, 0.2) is 5.75 Å². The molecule has 4 aromatic carbocycles. The van der Waals surface area contributed by atoms with Crippen LogP contribution in [0.4, 0.5) is 10.5 Å². The average Bonchev–Trinajstić information content (AvgIpc) is 2.89. The van der Waals surface area contributed by atoms with Crippen LogP contribution in [0.15, 0.2) is 89.3 Å². The van der Waals surface area contributed by atoms with Crippen LogP contribution in [0.25, 0.3) is 16.8 Å². The zero-order chi connectivity index (χ0) is 27.9. The number of fused-ring (bicyclic) bond motifs is 1. The molecule has 10 heteroatoms. The first-order valence-electron chi connectivity index (χ1n) is 11.8. The van der Waals surface area contributed by atoms with E-state index in [9.17, 15) is 22.8 Å². The van der Waals surface area contributed by atoms with Crippen molar-refractivity contribution in [2.24, 2.45) is 0 Å². The van der Waals surface area contributed by atoms with Crippen LogP contribution in [0, 0.1) is 13.8 Å². The molecular formula is C29H21ClN2O6S. The number of imide groups is 2. The molecule has 39 heavy (non-hydrogen) atoms. The van der Waals surface area contributed by atoms with Gasteiger partial charge >= 0.3 is 16.1 Å². The maximum atomic E-state index is 13.5. The summed E-state index contributed by atoms with van der Waals surface area (Å²) >= 11 is 6.21. The first-order chi connectivity index (χ1) is 18.5. The third-order valence-electron chi connectivity index (χ3n) is 6.24. The van der Waals surface area contributed by atoms with E-state index in [4.69, 9.17) is 15.8 Å². The van der Waals surface area contributed by atoms with Crippen LogP contribution < -0.4 is 14.4 Å². The second-order valence-electron chi connectivity index (χ2n) is 8.94. The van der Waals surface area contributed by atoms with Gasteiger partial charge in [0.25, 0.3) is 11.8 Å². The molecule has 0 atom stereocenters. The van der Waals surface area contributed by atoms with Gasteiger partial charge in [-0.05, 0) is 66.6 Å². The Hall–Kier alpha value is -4.47. The Labute approximate surface area is 229 Å². The number of benzene rings is 4. The highest BCUT2D eigenvalue weighted by Crippen LogP contribution is 2.34. The minimum atomic E-state index is -4.25. The third kappa shape index (κ3) is 5.01. The van der Waals surface area contributed by atoms with Gasteiger partial charge in [0.2, 0.25) is 0 Å². The SMILES string of the molecule is Cc1ccc(S(=O)(=O)Oc2ccc3ccccc3c2/C=C2\C(=O)NC(=O)N(c3ccc(C)c(Cl)c3)C2=O)cc1. The van der Waals surface area contributed by atoms with Crippen LogP contribution in [0.1, 0.15) is 16.7 Å². The molecule has 0 aliphatic carbocycles. The molecule has 1 heterocycles. The number of barbiturate groups is 1. The van der Waals surface area contributed by atoms with Crippen molar-refractivity contribution in [1.29, 1.82) is 0 Å². The second kappa shape index (κ2) is 10.0. The van der Waals surface area contributed by atoms with Crippen molar-refractivity contribution < 1.29 is 27.0 Å². The fourth-order valence-electron chi connectivity index (χ4n) is 4.13. The Morgan fingerprint density at radius 1 is 0.897 bits per heavy atom. The van der Waals surface area contributed by atoms with E-state index in [1.54, 1.807) is 55.5 Å². The summed E-state index contributed by atoms with van der Waals surface area (Å²) in [7, 11) is -4.25. The van der Waals surface area contributed by atoms with Gasteiger partial charge in [0.05, 0.1) is 5.69 Å². The number of aryl methyl sites for hydroxylation is 2. The zero-order valence-electron chi connectivity index (χ0n) is 20.8. The summed E-state index contributed by atoms with van der Waals surface area (Å²) in [4.78, 5) is 39.8. The van der Waals surface area contributed by atoms with Crippen molar-refractivity contribution in [2.75, 3.05) is 4.90 Å². The number of amides is 4. The van der Waals surface area contributed by atoms with Gasteiger partial charge in [0.1, 0.15) is 10.5 Å². The highest BCUT2D eigenvalue weighted by molar-refractivity contribution is 7.87. The Morgan fingerprint density at radius 3 is 2.33 bits per heavy atom. The van der Waals surface area contributed by atoms with E-state index in [0.717, 1.165) is 16.0 Å². The molecule has 1 aliphatic rings. The molecular weight excluding hydrogens is 540 g/mol. The van der Waals surface area contributed by atoms with E-state index in [1.807, 2.05) is 6.92 Å². The molecule has 8 nitrogen and oxygen atoms in total. The standard InChI is InChI=1S/C29H21ClN2O6S/c1-17-7-12-21(13-8-17)39(36,37)38-26-14-10-19-5-3-4-6-22(19)23(26)16-24-27(33)31-29(35)32(28(24)34)20-11-9-18(2)25(30)15-20/h3-16H,1-2H3,(H,31,33,35)/b24-16+. The van der Waals surface area contributed by atoms with E-state index in [-0.39, 0.29) is 27.5 Å². The van der Waals surface area contributed by atoms with Crippen LogP contribution in [-0.2, 0) is 19.7 Å². The second-order valence-corrected chi connectivity index (χ2v) is 10.9. The normalized spacial score (nSPS) is 15.1. The molecule has 0 radical (unpaired) electrons. The Morgan fingerprint density at radius 2 is 1.62 bits per heavy atom. The largest absolute Gasteiger partial charge is 0.378 e. The number of anilines is 1. The number of nitrogens with one attached hydrogen (secondary N) is 1. The summed E-state index contributed by atoms with van der Waals surface area (Å²) in [6.07, 6.45) is 1.23. The highest BCUT2D eigenvalue weighted by Gasteiger charge is 2.37. The van der Waals surface area contributed by atoms with Crippen molar-refractivity contribution in [1.82, 2.24) is 5.32 Å². The summed E-state index contributed by atoms with van der Waals surface area (Å²) in [5, 5.41) is 3.75. The summed E-state index contributed by atoms with van der Waals surface area (Å²) in [5.74, 6) is -1.92. The molecule has 1 saturated heterocycles. The van der Waals surface area contributed by atoms with Crippen LogP contribution in [0.3, 0.4) is 0 Å². The Bertz CT molecular complexity index is 1810. The molecule has 5 rings (SSSR count). The van der Waals surface area contributed by atoms with E-state index < -0.39 is 28.0 Å². The van der Waals surface area contributed by atoms with Crippen LogP contribution in [0.2, 0.25) is 5.02 Å². The molecule has 196 valence electrons. The van der Waals surface area contributed by atoms with Gasteiger partial charge in [-0.15, -0.1) is 0 Å². The molecule has 1 fully saturated rings. The van der Waals surface area contributed by atoms with Crippen molar-refractivity contribution in [3.8, 4) is 5.75 Å². The Kier molecular flexibility index (Phi) is 6.71. The molecule has 1 aliphatic heterocycles. The number of urea groups is 1. The van der Waals surface area contributed by atoms with E-state index in [2.05, 4.69) is 5.32 Å². The lowest BCUT2D eigenvalue weighted by Gasteiger charge is -2.27. The summed E-state index contributed by atoms with van der Waals surface area (Å²) in [6, 6.07) is 20.0. The number of carbonyl (C=O) groups is 3. The van der Waals surface area contributed by atoms with Crippen LogP contribution >= 0.6 is 11.6 Å². The van der Waals surface area contributed by atoms with Crippen molar-refractivity contribution in [3.63, 3.8) is 0 Å². The lowest BCUT2D eigenvalue weighted by atomic mass is 9.99. The van der Waals surface area contributed by atoms with Crippen LogP contribution in [-0.4, -0.2) is 26.3 Å². The molecule has 4 aromatic rings. The molecule has 1 N–H and O–H groups in total. The van der Waals surface area contributed by atoms with E-state index >= 15 is 0 Å². The molecule has 0 aromatic heterocycles. The number of halogens is 1. The number of hydrogen-bond acceptors (Lipinski definition) is 6. The summed E-state index contributed by atoms with van der Waals surface area (Å²) in [5.41, 5.74) is 1.58. The molecule has 0 bridgehead atoms. The van der Waals surface area contributed by atoms with Gasteiger partial charge < -0.3 is 4.18 Å². The number of nitrogens with zero attached hydrogens (tertiary/aromatic N) is 1. The topological polar surface area (TPSA) is 110 Å². The lowest BCUT2D eigenvalue weighted by molar-refractivity contribution is -0.122. The van der Waals surface area contributed by atoms with E-state index in [0.29, 0.717) is 15.8 Å². The maximum absolute atomic E-state index is 13.5. The number of carbonyl (C=O) groups excluding carboxylic acids is 3. The first-order valence-corrected chi connectivity index (χ1v) is 13.5. The quantitative estimate of drug-likeness (QED) is 0.195. The fraction of sp³-hybridized carbons (Fsp3) is 0.0690. The minimum absolute atomic E-state index is 0.0561. The van der Waals surface area contributed by atoms with Crippen molar-refractivity contribution >= 4 is 62.1 Å². The Balaban J connectivity index is 1.64. The fourth-order valence-corrected chi connectivity index (χ4v) is 5.25. The van der Waals surface area contributed by atoms with Gasteiger partial charge in [0, 0.05) is 10.6 Å². The minimum Gasteiger partial charge on any atom is -0.378 e. The van der Waals surface area contributed by atoms with Gasteiger partial charge in [-0.3, -0.25) is 14.9 Å². The summed E-state index contributed by atoms with van der Waals surface area (Å²) < 4.78 is 31.7. The monoisotopic (exact) mass is 560 g/mol. The lowest BCUT2D eigenvalue weighted by Crippen LogP contribution is -2.54. The molecule has 0 spiro atoms. The predicted molar refractivity (Wildman–Crippen MR) is 148 cm³/mol. The maximum Gasteiger partial charge on any atom is 0.339 e. The van der Waals surface area contributed by atoms with Crippen molar-refractivity contribution in [2.45, 2.75) is 18.7 Å². The predicted octanol–water partition coefficient (Wildman–Crippen LogP) is 5.54. The van der Waals surface area contributed by atoms with Crippen molar-refractivity contribution in [3.05, 3.63) is 106 Å². The van der Waals surface area contributed by atoms with E-state index in [1.165, 1.54) is 36.4 Å². The number of hydrogen-bond donors (Lipinski definition) is 1. The van der Waals surface area contributed by atoms with Crippen LogP contribution in [0.5, 0.6) is 5.75 Å². The third-order valence-corrected chi connectivity index (χ3v) is 7.90. The summed E-state index contributed by atoms with van der Waals surface area (Å²) in [6.45, 7) is 3.60. The molecule has 4 amide bonds. The van der Waals surface area contributed by atoms with Gasteiger partial charge in [-0.25, -0.2) is 9.69 Å². The van der Waals surface area contributed by atoms with Gasteiger partial charge in [-0.2, -0.15) is 8.42 Å².